The van der Waals surface area contributed by atoms with Crippen LogP contribution in [0.5, 0.6) is 0 Å². The monoisotopic (exact) mass is 348 g/mol. The zero-order valence-corrected chi connectivity index (χ0v) is 11.7. The van der Waals surface area contributed by atoms with E-state index < -0.39 is 5.97 Å². The summed E-state index contributed by atoms with van der Waals surface area (Å²) < 4.78 is 5.83. The average Bonchev–Trinajstić information content (AvgIpc) is 2.28. The number of ether oxygens (including phenoxy) is 1. The van der Waals surface area contributed by atoms with E-state index in [4.69, 9.17) is 4.74 Å². The summed E-state index contributed by atoms with van der Waals surface area (Å²) in [5, 5.41) is 3.84. The molecule has 0 aliphatic rings. The predicted octanol–water partition coefficient (Wildman–Crippen LogP) is 3.13. The molecule has 0 aromatic heterocycles. The highest BCUT2D eigenvalue weighted by Crippen LogP contribution is 2.14. The molecule has 0 saturated carbocycles. The van der Waals surface area contributed by atoms with Crippen molar-refractivity contribution in [3.63, 3.8) is 0 Å². The lowest BCUT2D eigenvalue weighted by Crippen LogP contribution is -2.12. The summed E-state index contributed by atoms with van der Waals surface area (Å²) in [6.45, 7) is 2.06. The van der Waals surface area contributed by atoms with Crippen LogP contribution in [-0.4, -0.2) is 17.2 Å². The van der Waals surface area contributed by atoms with Crippen LogP contribution in [0.1, 0.15) is 6.92 Å². The lowest BCUT2D eigenvalue weighted by Gasteiger charge is -2.02. The predicted molar refractivity (Wildman–Crippen MR) is 70.8 cm³/mol. The standard InChI is InChI=1S/C10H10Br2N2O2/c1-2-16-10(15)9(12)14-13-8-5-3-7(11)4-6-8/h3-6,13H,2H2,1H3/b14-9-. The van der Waals surface area contributed by atoms with Gasteiger partial charge >= 0.3 is 5.97 Å². The molecule has 0 aliphatic heterocycles. The number of hydrazone groups is 1. The molecule has 0 heterocycles. The molecule has 0 bridgehead atoms. The number of rotatable bonds is 4. The third kappa shape index (κ3) is 4.32. The van der Waals surface area contributed by atoms with E-state index in [1.54, 1.807) is 6.92 Å². The second-order valence-electron chi connectivity index (χ2n) is 2.74. The molecule has 0 atom stereocenters. The first-order valence-corrected chi connectivity index (χ1v) is 6.14. The van der Waals surface area contributed by atoms with Crippen LogP contribution in [0, 0.1) is 0 Å². The molecule has 6 heteroatoms. The van der Waals surface area contributed by atoms with Gasteiger partial charge in [-0.3, -0.25) is 5.43 Å². The number of benzene rings is 1. The molecule has 16 heavy (non-hydrogen) atoms. The summed E-state index contributed by atoms with van der Waals surface area (Å²) >= 11 is 6.34. The van der Waals surface area contributed by atoms with Gasteiger partial charge in [0, 0.05) is 4.47 Å². The topological polar surface area (TPSA) is 50.7 Å². The molecule has 1 aromatic carbocycles. The van der Waals surface area contributed by atoms with E-state index in [2.05, 4.69) is 42.4 Å². The molecular weight excluding hydrogens is 340 g/mol. The number of carbonyl (C=O) groups excluding carboxylic acids is 1. The van der Waals surface area contributed by atoms with Crippen molar-refractivity contribution in [2.45, 2.75) is 6.92 Å². The van der Waals surface area contributed by atoms with Crippen LogP contribution in [0.15, 0.2) is 33.8 Å². The average molecular weight is 350 g/mol. The Kier molecular flexibility index (Phi) is 5.48. The van der Waals surface area contributed by atoms with E-state index in [0.717, 1.165) is 10.2 Å². The first kappa shape index (κ1) is 13.2. The Balaban J connectivity index is 2.58. The van der Waals surface area contributed by atoms with E-state index in [9.17, 15) is 4.79 Å². The molecule has 4 nitrogen and oxygen atoms in total. The van der Waals surface area contributed by atoms with E-state index >= 15 is 0 Å². The minimum atomic E-state index is -0.493. The minimum Gasteiger partial charge on any atom is -0.461 e. The summed E-state index contributed by atoms with van der Waals surface area (Å²) in [6.07, 6.45) is 0. The van der Waals surface area contributed by atoms with Crippen LogP contribution in [0.4, 0.5) is 5.69 Å². The van der Waals surface area contributed by atoms with Gasteiger partial charge in [0.15, 0.2) is 0 Å². The van der Waals surface area contributed by atoms with Crippen molar-refractivity contribution in [3.05, 3.63) is 28.7 Å². The number of nitrogens with one attached hydrogen (secondary N) is 1. The molecule has 0 spiro atoms. The van der Waals surface area contributed by atoms with E-state index in [1.807, 2.05) is 24.3 Å². The van der Waals surface area contributed by atoms with Gasteiger partial charge in [0.2, 0.25) is 4.62 Å². The van der Waals surface area contributed by atoms with Crippen molar-refractivity contribution in [3.8, 4) is 0 Å². The molecule has 1 rings (SSSR count). The summed E-state index contributed by atoms with van der Waals surface area (Å²) in [7, 11) is 0. The summed E-state index contributed by atoms with van der Waals surface area (Å²) in [6, 6.07) is 7.41. The zero-order chi connectivity index (χ0) is 12.0. The molecule has 1 aromatic rings. The quantitative estimate of drug-likeness (QED) is 0.516. The largest absolute Gasteiger partial charge is 0.461 e. The molecular formula is C10H10Br2N2O2. The van der Waals surface area contributed by atoms with Crippen LogP contribution in [0.2, 0.25) is 0 Å². The Bertz CT molecular complexity index is 390. The van der Waals surface area contributed by atoms with Gasteiger partial charge in [-0.25, -0.2) is 4.79 Å². The maximum atomic E-state index is 11.2. The second-order valence-corrected chi connectivity index (χ2v) is 4.41. The fourth-order valence-electron chi connectivity index (χ4n) is 0.874. The molecule has 0 fully saturated rings. The van der Waals surface area contributed by atoms with Gasteiger partial charge in [0.05, 0.1) is 12.3 Å². The number of hydrogen-bond donors (Lipinski definition) is 1. The number of halogens is 2. The third-order valence-corrected chi connectivity index (χ3v) is 2.60. The van der Waals surface area contributed by atoms with Gasteiger partial charge in [0.25, 0.3) is 0 Å². The van der Waals surface area contributed by atoms with Crippen molar-refractivity contribution in [2.75, 3.05) is 12.0 Å². The van der Waals surface area contributed by atoms with Gasteiger partial charge in [-0.15, -0.1) is 0 Å². The lowest BCUT2D eigenvalue weighted by atomic mass is 10.3. The smallest absolute Gasteiger partial charge is 0.366 e. The molecule has 0 radical (unpaired) electrons. The Labute approximate surface area is 110 Å². The fraction of sp³-hybridized carbons (Fsp3) is 0.200. The minimum absolute atomic E-state index is 0.109. The first-order valence-electron chi connectivity index (χ1n) is 4.55. The van der Waals surface area contributed by atoms with Gasteiger partial charge in [0.1, 0.15) is 0 Å². The van der Waals surface area contributed by atoms with Crippen molar-refractivity contribution in [1.82, 2.24) is 0 Å². The van der Waals surface area contributed by atoms with E-state index in [0.29, 0.717) is 6.61 Å². The molecule has 0 saturated heterocycles. The molecule has 86 valence electrons. The highest BCUT2D eigenvalue weighted by atomic mass is 79.9. The highest BCUT2D eigenvalue weighted by Gasteiger charge is 2.07. The van der Waals surface area contributed by atoms with E-state index in [-0.39, 0.29) is 4.62 Å². The van der Waals surface area contributed by atoms with Crippen molar-refractivity contribution >= 4 is 48.1 Å². The van der Waals surface area contributed by atoms with Crippen LogP contribution in [0.25, 0.3) is 0 Å². The number of anilines is 1. The molecule has 0 amide bonds. The maximum absolute atomic E-state index is 11.2. The van der Waals surface area contributed by atoms with Gasteiger partial charge in [-0.1, -0.05) is 15.9 Å². The number of hydrogen-bond acceptors (Lipinski definition) is 4. The lowest BCUT2D eigenvalue weighted by molar-refractivity contribution is -0.134. The molecule has 0 unspecified atom stereocenters. The number of nitrogens with zero attached hydrogens (tertiary/aromatic N) is 1. The van der Waals surface area contributed by atoms with Gasteiger partial charge in [-0.2, -0.15) is 5.10 Å². The summed E-state index contributed by atoms with van der Waals surface area (Å²) in [5.41, 5.74) is 3.51. The zero-order valence-electron chi connectivity index (χ0n) is 8.54. The molecule has 1 N–H and O–H groups in total. The maximum Gasteiger partial charge on any atom is 0.366 e. The van der Waals surface area contributed by atoms with Crippen LogP contribution < -0.4 is 5.43 Å². The summed E-state index contributed by atoms with van der Waals surface area (Å²) in [4.78, 5) is 11.2. The van der Waals surface area contributed by atoms with Crippen molar-refractivity contribution in [2.24, 2.45) is 5.10 Å². The van der Waals surface area contributed by atoms with Crippen molar-refractivity contribution in [1.29, 1.82) is 0 Å². The van der Waals surface area contributed by atoms with Gasteiger partial charge in [-0.05, 0) is 47.1 Å². The number of esters is 1. The highest BCUT2D eigenvalue weighted by molar-refractivity contribution is 9.19. The van der Waals surface area contributed by atoms with Crippen LogP contribution >= 0.6 is 31.9 Å². The first-order chi connectivity index (χ1) is 7.63. The van der Waals surface area contributed by atoms with Crippen LogP contribution in [0.3, 0.4) is 0 Å². The Morgan fingerprint density at radius 3 is 2.62 bits per heavy atom. The van der Waals surface area contributed by atoms with Crippen molar-refractivity contribution < 1.29 is 9.53 Å². The SMILES string of the molecule is CCOC(=O)/C(Br)=N/Nc1ccc(Br)cc1. The Morgan fingerprint density at radius 1 is 1.44 bits per heavy atom. The Morgan fingerprint density at radius 2 is 2.06 bits per heavy atom. The van der Waals surface area contributed by atoms with Gasteiger partial charge < -0.3 is 4.74 Å². The Hall–Kier alpha value is -0.880. The second kappa shape index (κ2) is 6.65. The normalized spacial score (nSPS) is 11.1. The molecule has 0 aliphatic carbocycles. The number of carbonyl (C=O) groups is 1. The third-order valence-electron chi connectivity index (χ3n) is 1.57. The fourth-order valence-corrected chi connectivity index (χ4v) is 1.34. The summed E-state index contributed by atoms with van der Waals surface area (Å²) in [5.74, 6) is -0.493. The van der Waals surface area contributed by atoms with E-state index in [1.165, 1.54) is 0 Å². The van der Waals surface area contributed by atoms with Crippen LogP contribution in [-0.2, 0) is 9.53 Å².